The summed E-state index contributed by atoms with van der Waals surface area (Å²) in [5.74, 6) is -1.35. The number of hydrogen-bond acceptors (Lipinski definition) is 16. The van der Waals surface area contributed by atoms with Crippen molar-refractivity contribution in [1.82, 2.24) is 16.0 Å². The van der Waals surface area contributed by atoms with Gasteiger partial charge in [-0.3, -0.25) is 15.3 Å². The Morgan fingerprint density at radius 2 is 1.48 bits per heavy atom. The van der Waals surface area contributed by atoms with Crippen molar-refractivity contribution in [1.29, 1.82) is 10.8 Å². The Kier molecular flexibility index (Phi) is 11.9. The van der Waals surface area contributed by atoms with Gasteiger partial charge in [0.2, 0.25) is 0 Å². The van der Waals surface area contributed by atoms with Crippen molar-refractivity contribution in [2.45, 2.75) is 98.2 Å². The molecule has 18 N–H and O–H groups in total. The molecule has 2 heterocycles. The van der Waals surface area contributed by atoms with Crippen LogP contribution in [0, 0.1) is 10.8 Å². The van der Waals surface area contributed by atoms with E-state index >= 15 is 0 Å². The van der Waals surface area contributed by atoms with Gasteiger partial charge in [0, 0.05) is 0 Å². The lowest BCUT2D eigenvalue weighted by Crippen LogP contribution is -2.73. The average Bonchev–Trinajstić information content (AvgIpc) is 3.16. The van der Waals surface area contributed by atoms with E-state index in [9.17, 15) is 50.1 Å². The largest absolute Gasteiger partial charge is 0.470 e. The Morgan fingerprint density at radius 3 is 1.98 bits per heavy atom. The van der Waals surface area contributed by atoms with Gasteiger partial charge in [-0.25, -0.2) is 4.57 Å². The molecule has 0 aromatic heterocycles. The molecule has 0 radical (unpaired) electrons. The summed E-state index contributed by atoms with van der Waals surface area (Å²) < 4.78 is 39.5. The smallest absolute Gasteiger partial charge is 0.394 e. The molecule has 0 spiro atoms. The van der Waals surface area contributed by atoms with Gasteiger partial charge in [-0.15, -0.1) is 0 Å². The molecule has 23 heteroatoms. The van der Waals surface area contributed by atoms with Crippen LogP contribution in [0.1, 0.15) is 6.92 Å². The van der Waals surface area contributed by atoms with E-state index in [0.717, 1.165) is 0 Å². The summed E-state index contributed by atoms with van der Waals surface area (Å²) in [7, 11) is -3.92. The number of phosphoric ester groups is 1. The molecule has 2 aliphatic heterocycles. The molecule has 0 aromatic carbocycles. The summed E-state index contributed by atoms with van der Waals surface area (Å²) in [5, 5.41) is 96.9. The number of ether oxygens (including phenoxy) is 4. The molecule has 2 saturated heterocycles. The number of hydrogen-bond donors (Lipinski definition) is 16. The fourth-order valence-corrected chi connectivity index (χ4v) is 6.11. The number of phosphoric acid groups is 1. The van der Waals surface area contributed by atoms with Crippen LogP contribution in [0.4, 0.5) is 0 Å². The van der Waals surface area contributed by atoms with Crippen LogP contribution in [0.2, 0.25) is 0 Å². The summed E-state index contributed by atoms with van der Waals surface area (Å²) in [6.07, 6.45) is -18.6. The molecule has 15 unspecified atom stereocenters. The van der Waals surface area contributed by atoms with Crippen molar-refractivity contribution in [3.63, 3.8) is 0 Å². The lowest BCUT2D eigenvalue weighted by atomic mass is 9.81. The van der Waals surface area contributed by atoms with Gasteiger partial charge in [0.05, 0.1) is 43.5 Å². The first-order valence-electron chi connectivity index (χ1n) is 13.3. The highest BCUT2D eigenvalue weighted by Crippen LogP contribution is 2.43. The molecule has 0 bridgehead atoms. The van der Waals surface area contributed by atoms with Crippen molar-refractivity contribution in [2.75, 3.05) is 20.3 Å². The van der Waals surface area contributed by atoms with E-state index in [0.29, 0.717) is 0 Å². The van der Waals surface area contributed by atoms with Crippen LogP contribution in [0.25, 0.3) is 0 Å². The van der Waals surface area contributed by atoms with Crippen molar-refractivity contribution in [3.05, 3.63) is 0 Å². The van der Waals surface area contributed by atoms with Gasteiger partial charge in [0.25, 0.3) is 0 Å². The third-order valence-corrected chi connectivity index (χ3v) is 8.36. The summed E-state index contributed by atoms with van der Waals surface area (Å²) in [4.78, 5) is 18.8. The molecule has 44 heavy (non-hydrogen) atoms. The average molecular weight is 664 g/mol. The minimum Gasteiger partial charge on any atom is -0.394 e. The lowest BCUT2D eigenvalue weighted by molar-refractivity contribution is -0.316. The van der Waals surface area contributed by atoms with E-state index in [2.05, 4.69) is 16.0 Å². The van der Waals surface area contributed by atoms with Crippen LogP contribution >= 0.6 is 7.82 Å². The summed E-state index contributed by atoms with van der Waals surface area (Å²) >= 11 is 0. The van der Waals surface area contributed by atoms with Gasteiger partial charge in [-0.1, -0.05) is 0 Å². The van der Waals surface area contributed by atoms with Gasteiger partial charge < -0.3 is 91.9 Å². The Bertz CT molecular complexity index is 1060. The lowest BCUT2D eigenvalue weighted by Gasteiger charge is -2.48. The molecule has 3 fully saturated rings. The third kappa shape index (κ3) is 7.58. The number of guanidine groups is 2. The van der Waals surface area contributed by atoms with Crippen LogP contribution < -0.4 is 27.4 Å². The minimum atomic E-state index is -5.22. The Balaban J connectivity index is 1.97. The third-order valence-electron chi connectivity index (χ3n) is 7.84. The number of aliphatic hydroxyl groups excluding tert-OH is 6. The van der Waals surface area contributed by atoms with E-state index in [1.807, 2.05) is 0 Å². The standard InChI is InChI=1S/C21H42N7O15P/c1-5-21(35,4-30)16(42-17-9(26-2)15(43-44(36,37)38)10(31)6(3-29)40-17)18(39-5)41-14-8(28-20(24)25)11(32)7(27-19(22)23)12(33)13(14)34/h5-18,26,29-35H,3-4H2,1-2H3,(H4,22,23,27)(H4,24,25,28)(H2,36,37,38). The fraction of sp³-hybridized carbons (Fsp3) is 0.905. The maximum absolute atomic E-state index is 11.7. The predicted molar refractivity (Wildman–Crippen MR) is 143 cm³/mol. The molecular weight excluding hydrogens is 621 g/mol. The van der Waals surface area contributed by atoms with Crippen molar-refractivity contribution in [2.24, 2.45) is 11.5 Å². The second-order valence-corrected chi connectivity index (χ2v) is 11.9. The zero-order valence-corrected chi connectivity index (χ0v) is 24.5. The SMILES string of the molecule is CNC1C(OC2C(OC3C(O)C(O)C(NC(=N)N)C(O)C3NC(=N)N)OC(C)C2(O)CO)OC(CO)C(O)C1OP(=O)(O)O. The van der Waals surface area contributed by atoms with Crippen LogP contribution in [0.15, 0.2) is 0 Å². The molecule has 22 nitrogen and oxygen atoms in total. The second kappa shape index (κ2) is 14.3. The second-order valence-electron chi connectivity index (χ2n) is 10.7. The number of rotatable bonds is 11. The van der Waals surface area contributed by atoms with Gasteiger partial charge in [-0.05, 0) is 14.0 Å². The fourth-order valence-electron chi connectivity index (χ4n) is 5.53. The number of nitrogens with two attached hydrogens (primary N) is 2. The van der Waals surface area contributed by atoms with Crippen molar-refractivity contribution in [3.8, 4) is 0 Å². The van der Waals surface area contributed by atoms with Gasteiger partial charge >= 0.3 is 7.82 Å². The molecule has 0 aromatic rings. The van der Waals surface area contributed by atoms with Crippen LogP contribution in [0.3, 0.4) is 0 Å². The Hall–Kier alpha value is -1.83. The molecule has 0 amide bonds. The first-order chi connectivity index (χ1) is 20.4. The number of likely N-dealkylation sites (N-methyl/N-ethyl adjacent to an activating group) is 1. The summed E-state index contributed by atoms with van der Waals surface area (Å²) in [5.41, 5.74) is 8.51. The highest BCUT2D eigenvalue weighted by molar-refractivity contribution is 7.46. The van der Waals surface area contributed by atoms with Crippen LogP contribution in [-0.4, -0.2) is 169 Å². The topological polar surface area (TPSA) is 381 Å². The molecule has 3 aliphatic rings. The Labute approximate surface area is 250 Å². The maximum atomic E-state index is 11.7. The van der Waals surface area contributed by atoms with Crippen LogP contribution in [0.5, 0.6) is 0 Å². The van der Waals surface area contributed by atoms with Crippen LogP contribution in [-0.2, 0) is 28.0 Å². The van der Waals surface area contributed by atoms with Gasteiger partial charge in [-0.2, -0.15) is 0 Å². The number of nitrogens with one attached hydrogen (secondary N) is 5. The van der Waals surface area contributed by atoms with Gasteiger partial charge in [0.15, 0.2) is 24.5 Å². The predicted octanol–water partition coefficient (Wildman–Crippen LogP) is -7.83. The number of aliphatic hydroxyl groups is 7. The molecule has 256 valence electrons. The summed E-state index contributed by atoms with van der Waals surface area (Å²) in [6, 6.07) is -4.30. The van der Waals surface area contributed by atoms with E-state index in [1.54, 1.807) is 0 Å². The molecule has 15 atom stereocenters. The molecule has 3 rings (SSSR count). The molecule has 1 aliphatic carbocycles. The first kappa shape index (κ1) is 36.6. The molecular formula is C21H42N7O15P. The highest BCUT2D eigenvalue weighted by atomic mass is 31.2. The monoisotopic (exact) mass is 663 g/mol. The first-order valence-corrected chi connectivity index (χ1v) is 14.8. The highest BCUT2D eigenvalue weighted by Gasteiger charge is 2.60. The van der Waals surface area contributed by atoms with E-state index in [-0.39, 0.29) is 0 Å². The van der Waals surface area contributed by atoms with E-state index in [1.165, 1.54) is 14.0 Å². The normalized spacial score (nSPS) is 44.7. The van der Waals surface area contributed by atoms with E-state index < -0.39 is 124 Å². The minimum absolute atomic E-state index is 0.658. The summed E-state index contributed by atoms with van der Waals surface area (Å²) in [6.45, 7) is -0.549. The maximum Gasteiger partial charge on any atom is 0.470 e. The van der Waals surface area contributed by atoms with Crippen molar-refractivity contribution >= 4 is 19.7 Å². The Morgan fingerprint density at radius 1 is 0.886 bits per heavy atom. The zero-order chi connectivity index (χ0) is 33.3. The quantitative estimate of drug-likeness (QED) is 0.0554. The van der Waals surface area contributed by atoms with Crippen molar-refractivity contribution < 1.29 is 73.6 Å². The van der Waals surface area contributed by atoms with Gasteiger partial charge in [0.1, 0.15) is 48.3 Å². The molecule has 1 saturated carbocycles. The van der Waals surface area contributed by atoms with E-state index in [4.69, 9.17) is 45.8 Å². The zero-order valence-electron chi connectivity index (χ0n) is 23.6.